The van der Waals surface area contributed by atoms with Gasteiger partial charge in [-0.25, -0.2) is 18.3 Å². The Hall–Kier alpha value is -4.73. The average Bonchev–Trinajstić information content (AvgIpc) is 4.00. The van der Waals surface area contributed by atoms with Gasteiger partial charge in [0.25, 0.3) is 0 Å². The summed E-state index contributed by atoms with van der Waals surface area (Å²) in [5.41, 5.74) is 4.35. The van der Waals surface area contributed by atoms with Gasteiger partial charge in [0.15, 0.2) is 0 Å². The van der Waals surface area contributed by atoms with Crippen molar-refractivity contribution in [2.75, 3.05) is 42.9 Å². The number of carbonyl (C=O) groups is 3. The Morgan fingerprint density at radius 1 is 0.966 bits per heavy atom. The van der Waals surface area contributed by atoms with Gasteiger partial charge in [0.2, 0.25) is 17.8 Å². The zero-order valence-electron chi connectivity index (χ0n) is 33.4. The lowest BCUT2D eigenvalue weighted by atomic mass is 9.87. The number of pyridine rings is 1. The molecule has 306 valence electrons. The number of aryl methyl sites for hydroxylation is 1. The van der Waals surface area contributed by atoms with E-state index in [0.717, 1.165) is 99.9 Å². The Morgan fingerprint density at radius 2 is 1.72 bits per heavy atom. The summed E-state index contributed by atoms with van der Waals surface area (Å²) in [4.78, 5) is 58.3. The third kappa shape index (κ3) is 7.29. The van der Waals surface area contributed by atoms with Crippen LogP contribution in [-0.4, -0.2) is 108 Å². The average molecular weight is 807 g/mol. The van der Waals surface area contributed by atoms with Crippen molar-refractivity contribution < 1.29 is 18.6 Å². The number of aromatic nitrogens is 3. The highest BCUT2D eigenvalue weighted by atomic mass is 32.2. The van der Waals surface area contributed by atoms with Gasteiger partial charge in [-0.2, -0.15) is 4.98 Å². The maximum Gasteiger partial charge on any atom is 0.329 e. The summed E-state index contributed by atoms with van der Waals surface area (Å²) >= 11 is 0. The Balaban J connectivity index is 0.778. The minimum absolute atomic E-state index is 0.110. The van der Waals surface area contributed by atoms with Crippen molar-refractivity contribution in [1.29, 1.82) is 5.41 Å². The van der Waals surface area contributed by atoms with Crippen LogP contribution in [0.2, 0.25) is 0 Å². The minimum Gasteiger partial charge on any atom is -0.351 e. The van der Waals surface area contributed by atoms with E-state index in [0.29, 0.717) is 42.0 Å². The van der Waals surface area contributed by atoms with E-state index in [2.05, 4.69) is 38.5 Å². The number of hydrogen-bond acceptors (Lipinski definition) is 10. The number of carbonyl (C=O) groups excluding carboxylic acids is 3. The fourth-order valence-corrected chi connectivity index (χ4v) is 11.5. The van der Waals surface area contributed by atoms with Crippen LogP contribution in [0.5, 0.6) is 0 Å². The molecule has 6 aliphatic rings. The van der Waals surface area contributed by atoms with Crippen LogP contribution in [0, 0.1) is 12.3 Å². The summed E-state index contributed by atoms with van der Waals surface area (Å²) in [6.07, 6.45) is 14.7. The molecule has 3 saturated heterocycles. The second-order valence-corrected chi connectivity index (χ2v) is 19.4. The van der Waals surface area contributed by atoms with Crippen LogP contribution in [0.1, 0.15) is 111 Å². The second-order valence-electron chi connectivity index (χ2n) is 17.2. The van der Waals surface area contributed by atoms with E-state index >= 15 is 0 Å². The standard InChI is InChI=1S/C43H54N10O4S/c1-28-24-30(8-9-35(28)38(44)52-23-15-37(54)48-42(52)56)29-11-19-50(20-12-29)27-32-25-34(10-18-45-32)58(2,57)51-21-13-31(14-22-51)47-41-46-26-36-39(49-41)53(33-6-4-3-5-7-33)40(55)43(36)16-17-43/h8-10,18,24-26,29,31,33,44H,2-7,11-17,19-23,27H2,1H3,(H,46,47,49)(H,48,54,56). The zero-order chi connectivity index (χ0) is 40.2. The molecule has 1 aromatic carbocycles. The number of amides is 4. The molecule has 2 aromatic heterocycles. The predicted molar refractivity (Wildman–Crippen MR) is 223 cm³/mol. The highest BCUT2D eigenvalue weighted by Crippen LogP contribution is 2.57. The lowest BCUT2D eigenvalue weighted by Gasteiger charge is -2.35. The van der Waals surface area contributed by atoms with Crippen molar-refractivity contribution in [3.05, 3.63) is 70.7 Å². The Kier molecular flexibility index (Phi) is 10.3. The molecule has 9 rings (SSSR count). The van der Waals surface area contributed by atoms with Gasteiger partial charge in [-0.05, 0) is 106 Å². The second kappa shape index (κ2) is 15.5. The Labute approximate surface area is 340 Å². The number of fused-ring (bicyclic) bond motifs is 2. The number of nitrogens with one attached hydrogen (secondary N) is 3. The van der Waals surface area contributed by atoms with Crippen molar-refractivity contribution in [2.45, 2.75) is 119 Å². The van der Waals surface area contributed by atoms with Crippen LogP contribution in [0.25, 0.3) is 0 Å². The molecule has 1 atom stereocenters. The number of benzene rings is 1. The molecule has 1 unspecified atom stereocenters. The molecule has 1 spiro atoms. The van der Waals surface area contributed by atoms with Gasteiger partial charge in [0, 0.05) is 73.1 Å². The van der Waals surface area contributed by atoms with Gasteiger partial charge in [-0.15, -0.1) is 0 Å². The summed E-state index contributed by atoms with van der Waals surface area (Å²) in [6.45, 7) is 5.91. The number of amidine groups is 1. The van der Waals surface area contributed by atoms with E-state index < -0.39 is 21.2 Å². The number of piperidine rings is 2. The van der Waals surface area contributed by atoms with Crippen molar-refractivity contribution in [3.63, 3.8) is 0 Å². The first-order valence-electron chi connectivity index (χ1n) is 21.1. The molecule has 3 N–H and O–H groups in total. The van der Waals surface area contributed by atoms with Crippen LogP contribution >= 0.6 is 0 Å². The first-order valence-corrected chi connectivity index (χ1v) is 22.8. The molecule has 4 amide bonds. The van der Waals surface area contributed by atoms with Crippen LogP contribution in [0.15, 0.2) is 47.6 Å². The summed E-state index contributed by atoms with van der Waals surface area (Å²) < 4.78 is 16.3. The molecule has 5 fully saturated rings. The van der Waals surface area contributed by atoms with Crippen LogP contribution in [0.3, 0.4) is 0 Å². The third-order valence-electron chi connectivity index (χ3n) is 13.5. The monoisotopic (exact) mass is 806 g/mol. The maximum absolute atomic E-state index is 14.3. The third-order valence-corrected chi connectivity index (χ3v) is 15.7. The molecule has 2 aliphatic carbocycles. The van der Waals surface area contributed by atoms with Crippen LogP contribution < -0.4 is 15.5 Å². The van der Waals surface area contributed by atoms with Crippen molar-refractivity contribution in [3.8, 4) is 0 Å². The van der Waals surface area contributed by atoms with E-state index in [4.69, 9.17) is 15.4 Å². The van der Waals surface area contributed by atoms with Crippen molar-refractivity contribution >= 4 is 51.0 Å². The van der Waals surface area contributed by atoms with E-state index in [1.54, 1.807) is 6.20 Å². The smallest absolute Gasteiger partial charge is 0.329 e. The molecule has 58 heavy (non-hydrogen) atoms. The first-order chi connectivity index (χ1) is 28.0. The van der Waals surface area contributed by atoms with E-state index in [9.17, 15) is 18.6 Å². The highest BCUT2D eigenvalue weighted by Gasteiger charge is 2.61. The number of nitrogens with zero attached hydrogens (tertiary/aromatic N) is 7. The minimum atomic E-state index is -2.72. The van der Waals surface area contributed by atoms with Crippen LogP contribution in [-0.2, 0) is 31.3 Å². The first kappa shape index (κ1) is 38.8. The fourth-order valence-electron chi connectivity index (χ4n) is 9.84. The molecule has 4 aliphatic heterocycles. The molecule has 2 saturated carbocycles. The van der Waals surface area contributed by atoms with Gasteiger partial charge in [0.1, 0.15) is 11.7 Å². The van der Waals surface area contributed by atoms with E-state index in [-0.39, 0.29) is 42.7 Å². The number of likely N-dealkylation sites (tertiary alicyclic amines) is 1. The number of imide groups is 1. The zero-order valence-corrected chi connectivity index (χ0v) is 34.2. The normalized spacial score (nSPS) is 23.2. The highest BCUT2D eigenvalue weighted by molar-refractivity contribution is 7.98. The number of urea groups is 1. The summed E-state index contributed by atoms with van der Waals surface area (Å²) in [5, 5.41) is 14.5. The Bertz CT molecular complexity index is 2240. The molecular weight excluding hydrogens is 753 g/mol. The largest absolute Gasteiger partial charge is 0.351 e. The number of rotatable bonds is 9. The van der Waals surface area contributed by atoms with E-state index in [1.165, 1.54) is 16.9 Å². The predicted octanol–water partition coefficient (Wildman–Crippen LogP) is 5.10. The number of hydrogen-bond donors (Lipinski definition) is 3. The maximum atomic E-state index is 14.3. The lowest BCUT2D eigenvalue weighted by Crippen LogP contribution is -2.52. The van der Waals surface area contributed by atoms with Gasteiger partial charge >= 0.3 is 6.03 Å². The van der Waals surface area contributed by atoms with Gasteiger partial charge < -0.3 is 5.32 Å². The van der Waals surface area contributed by atoms with Gasteiger partial charge in [-0.1, -0.05) is 37.5 Å². The molecule has 14 nitrogen and oxygen atoms in total. The van der Waals surface area contributed by atoms with Crippen LogP contribution in [0.4, 0.5) is 16.6 Å². The quantitative estimate of drug-likeness (QED) is 0.151. The lowest BCUT2D eigenvalue weighted by molar-refractivity contribution is -0.121. The summed E-state index contributed by atoms with van der Waals surface area (Å²) in [7, 11) is -2.72. The molecular formula is C43H54N10O4S. The van der Waals surface area contributed by atoms with Gasteiger partial charge in [-0.3, -0.25) is 40.0 Å². The molecule has 0 bridgehead atoms. The Morgan fingerprint density at radius 3 is 2.43 bits per heavy atom. The molecule has 15 heteroatoms. The molecule has 6 heterocycles. The number of anilines is 2. The SMILES string of the molecule is C=S(=O)(c1ccnc(CN2CCC(c3ccc(C(=N)N4CCC(=O)NC4=O)c(C)c3)CC2)c1)N1CCC(Nc2ncc3c(n2)N(C2CCCCC2)C(=O)C32CC2)CC1. The fraction of sp³-hybridized carbons (Fsp3) is 0.535. The topological polar surface area (TPSA) is 168 Å². The van der Waals surface area contributed by atoms with Crippen molar-refractivity contribution in [2.24, 2.45) is 0 Å². The van der Waals surface area contributed by atoms with Crippen molar-refractivity contribution in [1.82, 2.24) is 34.4 Å². The summed E-state index contributed by atoms with van der Waals surface area (Å²) in [5.74, 6) is 6.05. The molecule has 3 aromatic rings. The summed E-state index contributed by atoms with van der Waals surface area (Å²) in [6, 6.07) is 9.73. The van der Waals surface area contributed by atoms with Gasteiger partial charge in [0.05, 0.1) is 20.8 Å². The van der Waals surface area contributed by atoms with E-state index in [1.807, 2.05) is 40.5 Å². The molecule has 0 radical (unpaired) electrons.